The van der Waals surface area contributed by atoms with Gasteiger partial charge in [0, 0.05) is 25.7 Å². The number of halogens is 1. The third-order valence-corrected chi connectivity index (χ3v) is 5.34. The lowest BCUT2D eigenvalue weighted by Gasteiger charge is -2.33. The summed E-state index contributed by atoms with van der Waals surface area (Å²) in [6.45, 7) is 7.98. The molecule has 0 aromatic carbocycles. The molecule has 1 aliphatic carbocycles. The summed E-state index contributed by atoms with van der Waals surface area (Å²) in [5.41, 5.74) is 1.55. The summed E-state index contributed by atoms with van der Waals surface area (Å²) < 4.78 is 5.35. The fourth-order valence-electron chi connectivity index (χ4n) is 4.00. The van der Waals surface area contributed by atoms with Gasteiger partial charge in [-0.3, -0.25) is 0 Å². The van der Waals surface area contributed by atoms with Crippen LogP contribution in [0.5, 0.6) is 0 Å². The van der Waals surface area contributed by atoms with Gasteiger partial charge in [0.05, 0.1) is 5.69 Å². The van der Waals surface area contributed by atoms with Gasteiger partial charge in [-0.25, -0.2) is 4.99 Å². The summed E-state index contributed by atoms with van der Waals surface area (Å²) in [5.74, 6) is 1.88. The quantitative estimate of drug-likeness (QED) is 0.432. The SMILES string of the molecule is CCNC(=NCc1cc(CC)no1)N1CCC2(CCCCC2)C1.I. The van der Waals surface area contributed by atoms with Gasteiger partial charge in [-0.1, -0.05) is 31.3 Å². The molecule has 1 aromatic heterocycles. The summed E-state index contributed by atoms with van der Waals surface area (Å²) in [7, 11) is 0. The maximum Gasteiger partial charge on any atom is 0.194 e. The number of hydrogen-bond donors (Lipinski definition) is 1. The van der Waals surface area contributed by atoms with Gasteiger partial charge in [-0.05, 0) is 38.0 Å². The number of rotatable bonds is 4. The molecule has 0 unspecified atom stereocenters. The van der Waals surface area contributed by atoms with Crippen molar-refractivity contribution in [2.24, 2.45) is 10.4 Å². The second-order valence-electron chi connectivity index (χ2n) is 7.04. The van der Waals surface area contributed by atoms with Crippen LogP contribution in [0.3, 0.4) is 0 Å². The zero-order valence-corrected chi connectivity index (χ0v) is 17.3. The Kier molecular flexibility index (Phi) is 7.37. The number of hydrogen-bond acceptors (Lipinski definition) is 3. The molecule has 0 radical (unpaired) electrons. The minimum atomic E-state index is 0. The zero-order chi connectivity index (χ0) is 16.1. The van der Waals surface area contributed by atoms with Crippen LogP contribution in [0.4, 0.5) is 0 Å². The van der Waals surface area contributed by atoms with Crippen LogP contribution in [-0.2, 0) is 13.0 Å². The van der Waals surface area contributed by atoms with Crippen LogP contribution >= 0.6 is 24.0 Å². The maximum absolute atomic E-state index is 5.35. The molecule has 1 saturated carbocycles. The third kappa shape index (κ3) is 4.64. The Morgan fingerprint density at radius 3 is 2.75 bits per heavy atom. The van der Waals surface area contributed by atoms with Crippen molar-refractivity contribution >= 4 is 29.9 Å². The van der Waals surface area contributed by atoms with Crippen molar-refractivity contribution in [2.45, 2.75) is 65.3 Å². The standard InChI is InChI=1S/C18H30N4O.HI/c1-3-15-12-16(23-21-15)13-20-17(19-4-2)22-11-10-18(14-22)8-6-5-7-9-18;/h12H,3-11,13-14H2,1-2H3,(H,19,20);1H. The van der Waals surface area contributed by atoms with Gasteiger partial charge in [0.25, 0.3) is 0 Å². The normalized spacial score (nSPS) is 20.2. The molecule has 1 saturated heterocycles. The zero-order valence-electron chi connectivity index (χ0n) is 15.0. The minimum Gasteiger partial charge on any atom is -0.359 e. The third-order valence-electron chi connectivity index (χ3n) is 5.34. The van der Waals surface area contributed by atoms with Gasteiger partial charge in [-0.15, -0.1) is 24.0 Å². The Balaban J connectivity index is 0.00000208. The smallest absolute Gasteiger partial charge is 0.194 e. The summed E-state index contributed by atoms with van der Waals surface area (Å²) >= 11 is 0. The first-order valence-corrected chi connectivity index (χ1v) is 9.22. The van der Waals surface area contributed by atoms with E-state index in [1.54, 1.807) is 0 Å². The van der Waals surface area contributed by atoms with E-state index in [-0.39, 0.29) is 24.0 Å². The van der Waals surface area contributed by atoms with Gasteiger partial charge < -0.3 is 14.7 Å². The van der Waals surface area contributed by atoms with Crippen LogP contribution in [0.1, 0.15) is 63.8 Å². The van der Waals surface area contributed by atoms with E-state index in [4.69, 9.17) is 9.52 Å². The number of likely N-dealkylation sites (tertiary alicyclic amines) is 1. The molecular weight excluding hydrogens is 415 g/mol. The van der Waals surface area contributed by atoms with Crippen LogP contribution in [0, 0.1) is 5.41 Å². The lowest BCUT2D eigenvalue weighted by molar-refractivity contribution is 0.203. The predicted octanol–water partition coefficient (Wildman–Crippen LogP) is 3.98. The highest BCUT2D eigenvalue weighted by Crippen LogP contribution is 2.43. The van der Waals surface area contributed by atoms with Gasteiger partial charge in [0.2, 0.25) is 0 Å². The first-order chi connectivity index (χ1) is 11.2. The highest BCUT2D eigenvalue weighted by molar-refractivity contribution is 14.0. The molecule has 2 fully saturated rings. The van der Waals surface area contributed by atoms with Crippen molar-refractivity contribution in [3.63, 3.8) is 0 Å². The summed E-state index contributed by atoms with van der Waals surface area (Å²) in [6, 6.07) is 2.01. The molecule has 1 spiro atoms. The van der Waals surface area contributed by atoms with Crippen LogP contribution in [0.25, 0.3) is 0 Å². The van der Waals surface area contributed by atoms with Gasteiger partial charge in [-0.2, -0.15) is 0 Å². The second-order valence-corrected chi connectivity index (χ2v) is 7.04. The van der Waals surface area contributed by atoms with Gasteiger partial charge in [0.15, 0.2) is 11.7 Å². The van der Waals surface area contributed by atoms with Crippen LogP contribution in [0.15, 0.2) is 15.6 Å². The van der Waals surface area contributed by atoms with Crippen molar-refractivity contribution in [3.8, 4) is 0 Å². The van der Waals surface area contributed by atoms with E-state index in [0.717, 1.165) is 43.5 Å². The number of guanidine groups is 1. The van der Waals surface area contributed by atoms with E-state index < -0.39 is 0 Å². The number of aromatic nitrogens is 1. The van der Waals surface area contributed by atoms with Crippen molar-refractivity contribution < 1.29 is 4.52 Å². The van der Waals surface area contributed by atoms with E-state index in [1.807, 2.05) is 6.07 Å². The molecule has 1 aliphatic heterocycles. The molecule has 24 heavy (non-hydrogen) atoms. The predicted molar refractivity (Wildman–Crippen MR) is 108 cm³/mol. The number of nitrogens with one attached hydrogen (secondary N) is 1. The minimum absolute atomic E-state index is 0. The van der Waals surface area contributed by atoms with Crippen molar-refractivity contribution in [1.82, 2.24) is 15.4 Å². The summed E-state index contributed by atoms with van der Waals surface area (Å²) in [6.07, 6.45) is 9.23. The fraction of sp³-hybridized carbons (Fsp3) is 0.778. The fourth-order valence-corrected chi connectivity index (χ4v) is 4.00. The van der Waals surface area contributed by atoms with Crippen molar-refractivity contribution in [2.75, 3.05) is 19.6 Å². The van der Waals surface area contributed by atoms with E-state index in [1.165, 1.54) is 38.5 Å². The average molecular weight is 446 g/mol. The lowest BCUT2D eigenvalue weighted by Crippen LogP contribution is -2.41. The average Bonchev–Trinajstić information content (AvgIpc) is 3.20. The molecule has 136 valence electrons. The highest BCUT2D eigenvalue weighted by Gasteiger charge is 2.39. The lowest BCUT2D eigenvalue weighted by atomic mass is 9.73. The van der Waals surface area contributed by atoms with E-state index in [9.17, 15) is 0 Å². The number of aliphatic imine (C=N–C) groups is 1. The Morgan fingerprint density at radius 2 is 2.08 bits per heavy atom. The summed E-state index contributed by atoms with van der Waals surface area (Å²) in [5, 5.41) is 7.50. The highest BCUT2D eigenvalue weighted by atomic mass is 127. The number of aryl methyl sites for hydroxylation is 1. The molecule has 0 bridgehead atoms. The molecule has 0 atom stereocenters. The molecule has 2 heterocycles. The maximum atomic E-state index is 5.35. The number of nitrogens with zero attached hydrogens (tertiary/aromatic N) is 3. The van der Waals surface area contributed by atoms with Crippen LogP contribution in [0.2, 0.25) is 0 Å². The first kappa shape index (κ1) is 19.5. The second kappa shape index (κ2) is 9.06. The van der Waals surface area contributed by atoms with Gasteiger partial charge in [0.1, 0.15) is 6.54 Å². The first-order valence-electron chi connectivity index (χ1n) is 9.22. The molecule has 2 aliphatic rings. The van der Waals surface area contributed by atoms with Crippen LogP contribution < -0.4 is 5.32 Å². The molecule has 6 heteroatoms. The monoisotopic (exact) mass is 446 g/mol. The molecule has 1 N–H and O–H groups in total. The Morgan fingerprint density at radius 1 is 1.29 bits per heavy atom. The molecule has 3 rings (SSSR count). The molecular formula is C18H31IN4O. The topological polar surface area (TPSA) is 53.7 Å². The Bertz CT molecular complexity index is 537. The molecule has 1 aromatic rings. The van der Waals surface area contributed by atoms with Crippen molar-refractivity contribution in [1.29, 1.82) is 0 Å². The summed E-state index contributed by atoms with van der Waals surface area (Å²) in [4.78, 5) is 7.24. The Labute approximate surface area is 162 Å². The largest absolute Gasteiger partial charge is 0.359 e. The Hall–Kier alpha value is -0.790. The molecule has 0 amide bonds. The van der Waals surface area contributed by atoms with E-state index >= 15 is 0 Å². The van der Waals surface area contributed by atoms with E-state index in [2.05, 4.69) is 29.2 Å². The van der Waals surface area contributed by atoms with Crippen LogP contribution in [-0.4, -0.2) is 35.7 Å². The molecule has 5 nitrogen and oxygen atoms in total. The van der Waals surface area contributed by atoms with E-state index in [0.29, 0.717) is 12.0 Å². The van der Waals surface area contributed by atoms with Gasteiger partial charge >= 0.3 is 0 Å². The van der Waals surface area contributed by atoms with Crippen molar-refractivity contribution in [3.05, 3.63) is 17.5 Å².